The SMILES string of the molecule is CC(C)(C)c1cc(N2CC3CN(Cc4ccccc4)CC3C2)ncn1. The van der Waals surface area contributed by atoms with Crippen molar-refractivity contribution in [2.45, 2.75) is 32.7 Å². The van der Waals surface area contributed by atoms with E-state index in [0.717, 1.165) is 43.0 Å². The zero-order valence-electron chi connectivity index (χ0n) is 15.5. The molecule has 2 saturated heterocycles. The van der Waals surface area contributed by atoms with Crippen molar-refractivity contribution in [3.05, 3.63) is 54.0 Å². The van der Waals surface area contributed by atoms with Crippen LogP contribution in [0, 0.1) is 11.8 Å². The number of rotatable bonds is 3. The smallest absolute Gasteiger partial charge is 0.132 e. The van der Waals surface area contributed by atoms with Gasteiger partial charge in [0.2, 0.25) is 0 Å². The van der Waals surface area contributed by atoms with Crippen molar-refractivity contribution in [1.82, 2.24) is 14.9 Å². The maximum Gasteiger partial charge on any atom is 0.132 e. The van der Waals surface area contributed by atoms with E-state index in [0.29, 0.717) is 0 Å². The third kappa shape index (κ3) is 3.54. The summed E-state index contributed by atoms with van der Waals surface area (Å²) in [5, 5.41) is 0. The van der Waals surface area contributed by atoms with Gasteiger partial charge in [0, 0.05) is 44.2 Å². The number of nitrogens with zero attached hydrogens (tertiary/aromatic N) is 4. The van der Waals surface area contributed by atoms with Gasteiger partial charge in [-0.15, -0.1) is 0 Å². The molecule has 2 aromatic rings. The number of hydrogen-bond donors (Lipinski definition) is 0. The predicted octanol–water partition coefficient (Wildman–Crippen LogP) is 3.34. The van der Waals surface area contributed by atoms with Gasteiger partial charge in [-0.2, -0.15) is 0 Å². The molecule has 25 heavy (non-hydrogen) atoms. The molecule has 2 aliphatic heterocycles. The molecule has 4 heteroatoms. The molecule has 1 aromatic carbocycles. The van der Waals surface area contributed by atoms with E-state index < -0.39 is 0 Å². The van der Waals surface area contributed by atoms with E-state index in [9.17, 15) is 0 Å². The van der Waals surface area contributed by atoms with Crippen molar-refractivity contribution < 1.29 is 0 Å². The number of likely N-dealkylation sites (tertiary alicyclic amines) is 1. The molecule has 0 amide bonds. The van der Waals surface area contributed by atoms with Gasteiger partial charge in [-0.3, -0.25) is 4.90 Å². The number of aromatic nitrogens is 2. The third-order valence-electron chi connectivity index (χ3n) is 5.56. The van der Waals surface area contributed by atoms with E-state index in [2.05, 4.69) is 76.9 Å². The number of anilines is 1. The summed E-state index contributed by atoms with van der Waals surface area (Å²) in [4.78, 5) is 14.1. The highest BCUT2D eigenvalue weighted by molar-refractivity contribution is 5.42. The van der Waals surface area contributed by atoms with Gasteiger partial charge in [0.05, 0.1) is 5.69 Å². The fourth-order valence-electron chi connectivity index (χ4n) is 4.18. The second-order valence-corrected chi connectivity index (χ2v) is 8.62. The maximum atomic E-state index is 4.55. The van der Waals surface area contributed by atoms with Crippen molar-refractivity contribution in [3.8, 4) is 0 Å². The highest BCUT2D eigenvalue weighted by Gasteiger charge is 2.40. The lowest BCUT2D eigenvalue weighted by Crippen LogP contribution is -2.29. The number of fused-ring (bicyclic) bond motifs is 1. The van der Waals surface area contributed by atoms with Crippen LogP contribution >= 0.6 is 0 Å². The minimum atomic E-state index is 0.0692. The molecule has 2 atom stereocenters. The average Bonchev–Trinajstić information content (AvgIpc) is 3.13. The van der Waals surface area contributed by atoms with Crippen LogP contribution in [-0.4, -0.2) is 41.0 Å². The topological polar surface area (TPSA) is 32.3 Å². The summed E-state index contributed by atoms with van der Waals surface area (Å²) in [7, 11) is 0. The van der Waals surface area contributed by atoms with Crippen LogP contribution in [0.4, 0.5) is 5.82 Å². The Labute approximate surface area is 150 Å². The second kappa shape index (κ2) is 6.41. The van der Waals surface area contributed by atoms with Gasteiger partial charge < -0.3 is 4.90 Å². The van der Waals surface area contributed by atoms with Gasteiger partial charge in [-0.1, -0.05) is 51.1 Å². The van der Waals surface area contributed by atoms with Gasteiger partial charge >= 0.3 is 0 Å². The second-order valence-electron chi connectivity index (χ2n) is 8.62. The summed E-state index contributed by atoms with van der Waals surface area (Å²) < 4.78 is 0. The molecule has 4 rings (SSSR count). The Bertz CT molecular complexity index is 708. The van der Waals surface area contributed by atoms with Crippen LogP contribution in [0.2, 0.25) is 0 Å². The molecule has 0 aliphatic carbocycles. The maximum absolute atomic E-state index is 4.55. The normalized spacial score (nSPS) is 23.9. The molecule has 2 aliphatic rings. The first-order valence-corrected chi connectivity index (χ1v) is 9.33. The molecule has 2 unspecified atom stereocenters. The van der Waals surface area contributed by atoms with Gasteiger partial charge in [0.25, 0.3) is 0 Å². The standard InChI is InChI=1S/C21H28N4/c1-21(2,3)19-9-20(23-15-22-19)25-13-17-11-24(12-18(17)14-25)10-16-7-5-4-6-8-16/h4-9,15,17-18H,10-14H2,1-3H3. The summed E-state index contributed by atoms with van der Waals surface area (Å²) in [5.74, 6) is 2.62. The van der Waals surface area contributed by atoms with Crippen molar-refractivity contribution in [2.24, 2.45) is 11.8 Å². The summed E-state index contributed by atoms with van der Waals surface area (Å²) >= 11 is 0. The minimum Gasteiger partial charge on any atom is -0.356 e. The zero-order valence-corrected chi connectivity index (χ0v) is 15.5. The molecule has 3 heterocycles. The van der Waals surface area contributed by atoms with E-state index in [-0.39, 0.29) is 5.41 Å². The Balaban J connectivity index is 1.40. The molecule has 2 fully saturated rings. The summed E-state index contributed by atoms with van der Waals surface area (Å²) in [6.07, 6.45) is 1.73. The largest absolute Gasteiger partial charge is 0.356 e. The molecule has 0 radical (unpaired) electrons. The van der Waals surface area contributed by atoms with Crippen molar-refractivity contribution in [1.29, 1.82) is 0 Å². The number of benzene rings is 1. The van der Waals surface area contributed by atoms with Crippen LogP contribution in [0.1, 0.15) is 32.0 Å². The quantitative estimate of drug-likeness (QED) is 0.860. The van der Waals surface area contributed by atoms with E-state index in [1.165, 1.54) is 18.7 Å². The third-order valence-corrected chi connectivity index (χ3v) is 5.56. The molecule has 0 bridgehead atoms. The Morgan fingerprint density at radius 2 is 1.64 bits per heavy atom. The fourth-order valence-corrected chi connectivity index (χ4v) is 4.18. The van der Waals surface area contributed by atoms with Gasteiger partial charge in [-0.05, 0) is 17.4 Å². The zero-order chi connectivity index (χ0) is 17.4. The van der Waals surface area contributed by atoms with Gasteiger partial charge in [0.1, 0.15) is 12.1 Å². The first-order valence-electron chi connectivity index (χ1n) is 9.33. The van der Waals surface area contributed by atoms with Crippen LogP contribution in [0.3, 0.4) is 0 Å². The minimum absolute atomic E-state index is 0.0692. The van der Waals surface area contributed by atoms with Gasteiger partial charge in [0.15, 0.2) is 0 Å². The lowest BCUT2D eigenvalue weighted by molar-refractivity contribution is 0.309. The molecular formula is C21H28N4. The molecule has 0 N–H and O–H groups in total. The molecule has 4 nitrogen and oxygen atoms in total. The van der Waals surface area contributed by atoms with Crippen molar-refractivity contribution in [2.75, 3.05) is 31.1 Å². The molecule has 0 spiro atoms. The monoisotopic (exact) mass is 336 g/mol. The molecule has 132 valence electrons. The van der Waals surface area contributed by atoms with Gasteiger partial charge in [-0.25, -0.2) is 9.97 Å². The Morgan fingerprint density at radius 3 is 2.28 bits per heavy atom. The molecule has 1 aromatic heterocycles. The van der Waals surface area contributed by atoms with Crippen LogP contribution in [0.25, 0.3) is 0 Å². The summed E-state index contributed by atoms with van der Waals surface area (Å²) in [6, 6.07) is 13.0. The van der Waals surface area contributed by atoms with Crippen molar-refractivity contribution in [3.63, 3.8) is 0 Å². The molecular weight excluding hydrogens is 308 g/mol. The van der Waals surface area contributed by atoms with Crippen LogP contribution in [0.5, 0.6) is 0 Å². The summed E-state index contributed by atoms with van der Waals surface area (Å²) in [6.45, 7) is 12.3. The fraction of sp³-hybridized carbons (Fsp3) is 0.524. The molecule has 0 saturated carbocycles. The van der Waals surface area contributed by atoms with Crippen LogP contribution < -0.4 is 4.90 Å². The first kappa shape index (κ1) is 16.5. The predicted molar refractivity (Wildman–Crippen MR) is 102 cm³/mol. The average molecular weight is 336 g/mol. The summed E-state index contributed by atoms with van der Waals surface area (Å²) in [5.41, 5.74) is 2.62. The van der Waals surface area contributed by atoms with E-state index in [1.807, 2.05) is 0 Å². The highest BCUT2D eigenvalue weighted by Crippen LogP contribution is 2.34. The highest BCUT2D eigenvalue weighted by atomic mass is 15.3. The number of hydrogen-bond acceptors (Lipinski definition) is 4. The Kier molecular flexibility index (Phi) is 4.24. The lowest BCUT2D eigenvalue weighted by atomic mass is 9.92. The van der Waals surface area contributed by atoms with Crippen molar-refractivity contribution >= 4 is 5.82 Å². The van der Waals surface area contributed by atoms with Crippen LogP contribution in [0.15, 0.2) is 42.7 Å². The Hall–Kier alpha value is -1.94. The van der Waals surface area contributed by atoms with E-state index in [4.69, 9.17) is 0 Å². The first-order chi connectivity index (χ1) is 12.0. The Morgan fingerprint density at radius 1 is 0.960 bits per heavy atom. The van der Waals surface area contributed by atoms with Crippen LogP contribution in [-0.2, 0) is 12.0 Å². The van der Waals surface area contributed by atoms with E-state index >= 15 is 0 Å². The lowest BCUT2D eigenvalue weighted by Gasteiger charge is -2.24. The van der Waals surface area contributed by atoms with E-state index in [1.54, 1.807) is 6.33 Å².